The quantitative estimate of drug-likeness (QED) is 0.238. The summed E-state index contributed by atoms with van der Waals surface area (Å²) in [7, 11) is 0. The highest BCUT2D eigenvalue weighted by Crippen LogP contribution is 2.59. The van der Waals surface area contributed by atoms with Crippen molar-refractivity contribution < 1.29 is 0 Å². The van der Waals surface area contributed by atoms with Crippen molar-refractivity contribution in [2.24, 2.45) is 0 Å². The summed E-state index contributed by atoms with van der Waals surface area (Å²) < 4.78 is 0. The number of benzene rings is 5. The highest BCUT2D eigenvalue weighted by atomic mass is 14.5. The molecule has 0 heterocycles. The maximum atomic E-state index is 2.46. The van der Waals surface area contributed by atoms with Crippen LogP contribution in [0.25, 0.3) is 33.4 Å². The van der Waals surface area contributed by atoms with Gasteiger partial charge in [-0.15, -0.1) is 0 Å². The first-order chi connectivity index (χ1) is 17.8. The zero-order valence-electron chi connectivity index (χ0n) is 22.3. The van der Waals surface area contributed by atoms with Gasteiger partial charge in [0, 0.05) is 10.8 Å². The molecule has 0 fully saturated rings. The lowest BCUT2D eigenvalue weighted by Crippen LogP contribution is -2.24. The first-order valence-corrected chi connectivity index (χ1v) is 13.4. The first kappa shape index (κ1) is 22.3. The van der Waals surface area contributed by atoms with E-state index in [9.17, 15) is 0 Å². The van der Waals surface area contributed by atoms with Gasteiger partial charge in [-0.3, -0.25) is 0 Å². The van der Waals surface area contributed by atoms with E-state index in [0.29, 0.717) is 0 Å². The molecule has 0 saturated carbocycles. The minimum Gasteiger partial charge on any atom is -0.0622 e. The summed E-state index contributed by atoms with van der Waals surface area (Å²) in [6.45, 7) is 11.7. The fraction of sp³-hybridized carbons (Fsp3) is 0.189. The number of fused-ring (bicyclic) bond motifs is 6. The Morgan fingerprint density at radius 1 is 0.432 bits per heavy atom. The van der Waals surface area contributed by atoms with Gasteiger partial charge in [0.2, 0.25) is 0 Å². The lowest BCUT2D eigenvalue weighted by molar-refractivity contribution is 0.655. The van der Waals surface area contributed by atoms with Crippen molar-refractivity contribution in [1.82, 2.24) is 0 Å². The third-order valence-corrected chi connectivity index (χ3v) is 9.03. The highest BCUT2D eigenvalue weighted by Gasteiger charge is 2.46. The number of aryl methyl sites for hydroxylation is 2. The smallest absolute Gasteiger partial charge is 0.0441 e. The van der Waals surface area contributed by atoms with Gasteiger partial charge >= 0.3 is 0 Å². The van der Waals surface area contributed by atoms with E-state index in [1.54, 1.807) is 0 Å². The van der Waals surface area contributed by atoms with Gasteiger partial charge in [0.25, 0.3) is 0 Å². The minimum atomic E-state index is -0.239. The lowest BCUT2D eigenvalue weighted by atomic mass is 9.70. The van der Waals surface area contributed by atoms with Gasteiger partial charge in [-0.05, 0) is 88.0 Å². The molecule has 0 aliphatic heterocycles. The minimum absolute atomic E-state index is 0.0161. The van der Waals surface area contributed by atoms with Crippen molar-refractivity contribution in [2.75, 3.05) is 0 Å². The van der Waals surface area contributed by atoms with Crippen LogP contribution in [-0.4, -0.2) is 0 Å². The van der Waals surface area contributed by atoms with Gasteiger partial charge in [0.05, 0.1) is 0 Å². The third-order valence-electron chi connectivity index (χ3n) is 9.03. The molecule has 5 aromatic carbocycles. The van der Waals surface area contributed by atoms with E-state index in [4.69, 9.17) is 0 Å². The Labute approximate surface area is 220 Å². The van der Waals surface area contributed by atoms with Gasteiger partial charge in [0.15, 0.2) is 0 Å². The maximum Gasteiger partial charge on any atom is 0.0441 e. The van der Waals surface area contributed by atoms with E-state index in [0.717, 1.165) is 0 Å². The zero-order valence-corrected chi connectivity index (χ0v) is 22.3. The normalized spacial score (nSPS) is 18.2. The summed E-state index contributed by atoms with van der Waals surface area (Å²) in [5.74, 6) is 0. The average molecular weight is 477 g/mol. The fourth-order valence-corrected chi connectivity index (χ4v) is 7.12. The molecule has 0 spiro atoms. The van der Waals surface area contributed by atoms with Crippen LogP contribution in [0.2, 0.25) is 0 Å². The Bertz CT molecular complexity index is 1720. The Kier molecular flexibility index (Phi) is 4.56. The number of hydrogen-bond acceptors (Lipinski definition) is 0. The maximum absolute atomic E-state index is 2.46. The summed E-state index contributed by atoms with van der Waals surface area (Å²) >= 11 is 0. The first-order valence-electron chi connectivity index (χ1n) is 13.4. The van der Waals surface area contributed by atoms with Crippen LogP contribution in [-0.2, 0) is 10.8 Å². The molecule has 2 aliphatic rings. The van der Waals surface area contributed by atoms with Gasteiger partial charge in [0.1, 0.15) is 0 Å². The SMILES string of the molecule is Cc1ccc2c(c1)-c1cc(-c3ccccc3)ccc1C2(C)c1cc(C)cc2c1-c1ccccc1C2(C)C. The Morgan fingerprint density at radius 2 is 1.08 bits per heavy atom. The van der Waals surface area contributed by atoms with Crippen LogP contribution in [0.1, 0.15) is 59.7 Å². The topological polar surface area (TPSA) is 0 Å². The molecule has 0 aromatic heterocycles. The molecule has 0 saturated heterocycles. The van der Waals surface area contributed by atoms with E-state index in [2.05, 4.69) is 138 Å². The predicted molar refractivity (Wildman–Crippen MR) is 156 cm³/mol. The Hall–Kier alpha value is -3.90. The molecule has 0 amide bonds. The molecule has 7 rings (SSSR count). The number of hydrogen-bond donors (Lipinski definition) is 0. The third kappa shape index (κ3) is 2.96. The largest absolute Gasteiger partial charge is 0.0622 e. The van der Waals surface area contributed by atoms with Crippen LogP contribution in [0, 0.1) is 13.8 Å². The van der Waals surface area contributed by atoms with Crippen molar-refractivity contribution in [3.8, 4) is 33.4 Å². The highest BCUT2D eigenvalue weighted by molar-refractivity contribution is 5.91. The molecule has 180 valence electrons. The zero-order chi connectivity index (χ0) is 25.5. The molecular formula is C37H32. The second kappa shape index (κ2) is 7.56. The summed E-state index contributed by atoms with van der Waals surface area (Å²) in [4.78, 5) is 0. The molecular weight excluding hydrogens is 444 g/mol. The fourth-order valence-electron chi connectivity index (χ4n) is 7.12. The van der Waals surface area contributed by atoms with E-state index < -0.39 is 0 Å². The average Bonchev–Trinajstić information content (AvgIpc) is 3.29. The van der Waals surface area contributed by atoms with Crippen molar-refractivity contribution in [3.63, 3.8) is 0 Å². The molecule has 1 atom stereocenters. The second-order valence-electron chi connectivity index (χ2n) is 11.7. The molecule has 0 radical (unpaired) electrons. The van der Waals surface area contributed by atoms with E-state index in [1.165, 1.54) is 72.3 Å². The number of rotatable bonds is 2. The van der Waals surface area contributed by atoms with Crippen LogP contribution in [0.5, 0.6) is 0 Å². The second-order valence-corrected chi connectivity index (χ2v) is 11.7. The molecule has 0 N–H and O–H groups in total. The Balaban J connectivity index is 1.56. The van der Waals surface area contributed by atoms with Crippen molar-refractivity contribution in [1.29, 1.82) is 0 Å². The lowest BCUT2D eigenvalue weighted by Gasteiger charge is -2.32. The summed E-state index contributed by atoms with van der Waals surface area (Å²) in [5.41, 5.74) is 17.6. The standard InChI is InChI=1S/C37H32/c1-23-15-17-31-28(19-23)29-22-26(25-11-7-6-8-12-25)16-18-32(29)37(31,5)34-21-24(2)20-33-35(34)27-13-9-10-14-30(27)36(33,3)4/h6-22H,1-5H3. The van der Waals surface area contributed by atoms with Crippen molar-refractivity contribution >= 4 is 0 Å². The molecule has 1 unspecified atom stereocenters. The van der Waals surface area contributed by atoms with Crippen molar-refractivity contribution in [2.45, 2.75) is 45.4 Å². The van der Waals surface area contributed by atoms with Crippen LogP contribution < -0.4 is 0 Å². The van der Waals surface area contributed by atoms with Gasteiger partial charge < -0.3 is 0 Å². The van der Waals surface area contributed by atoms with Crippen molar-refractivity contribution in [3.05, 3.63) is 142 Å². The monoisotopic (exact) mass is 476 g/mol. The van der Waals surface area contributed by atoms with Crippen LogP contribution in [0.3, 0.4) is 0 Å². The molecule has 5 aromatic rings. The van der Waals surface area contributed by atoms with E-state index >= 15 is 0 Å². The molecule has 0 heteroatoms. The molecule has 37 heavy (non-hydrogen) atoms. The van der Waals surface area contributed by atoms with Crippen LogP contribution in [0.4, 0.5) is 0 Å². The van der Waals surface area contributed by atoms with Gasteiger partial charge in [-0.1, -0.05) is 122 Å². The molecule has 0 nitrogen and oxygen atoms in total. The van der Waals surface area contributed by atoms with Crippen LogP contribution in [0.15, 0.2) is 103 Å². The summed E-state index contributed by atoms with van der Waals surface area (Å²) in [5, 5.41) is 0. The summed E-state index contributed by atoms with van der Waals surface area (Å²) in [6, 6.07) is 38.9. The predicted octanol–water partition coefficient (Wildman–Crippen LogP) is 9.61. The van der Waals surface area contributed by atoms with Gasteiger partial charge in [-0.2, -0.15) is 0 Å². The Morgan fingerprint density at radius 3 is 1.86 bits per heavy atom. The molecule has 2 aliphatic carbocycles. The van der Waals surface area contributed by atoms with E-state index in [1.807, 2.05) is 0 Å². The van der Waals surface area contributed by atoms with E-state index in [-0.39, 0.29) is 10.8 Å². The summed E-state index contributed by atoms with van der Waals surface area (Å²) in [6.07, 6.45) is 0. The van der Waals surface area contributed by atoms with Gasteiger partial charge in [-0.25, -0.2) is 0 Å². The van der Waals surface area contributed by atoms with Crippen LogP contribution >= 0.6 is 0 Å². The molecule has 0 bridgehead atoms.